The molecule has 0 radical (unpaired) electrons. The van der Waals surface area contributed by atoms with Crippen molar-refractivity contribution in [2.24, 2.45) is 0 Å². The minimum atomic E-state index is 0.200. The molecule has 2 aromatic carbocycles. The Morgan fingerprint density at radius 2 is 1.50 bits per heavy atom. The first kappa shape index (κ1) is 14.8. The maximum absolute atomic E-state index is 2.41. The normalized spacial score (nSPS) is 15.6. The molecule has 20 heavy (non-hydrogen) atoms. The number of hydrogen-bond donors (Lipinski definition) is 0. The van der Waals surface area contributed by atoms with Crippen LogP contribution < -0.4 is 0 Å². The zero-order valence-corrected chi connectivity index (χ0v) is 13.2. The van der Waals surface area contributed by atoms with Gasteiger partial charge in [-0.2, -0.15) is 0 Å². The van der Waals surface area contributed by atoms with Crippen LogP contribution >= 0.6 is 0 Å². The van der Waals surface area contributed by atoms with Crippen LogP contribution in [0.1, 0.15) is 56.2 Å². The van der Waals surface area contributed by atoms with E-state index in [2.05, 4.69) is 82.3 Å². The van der Waals surface area contributed by atoms with Crippen molar-refractivity contribution in [3.05, 3.63) is 71.3 Å². The van der Waals surface area contributed by atoms with Crippen molar-refractivity contribution in [2.45, 2.75) is 51.9 Å². The lowest BCUT2D eigenvalue weighted by molar-refractivity contribution is 0.353. The van der Waals surface area contributed by atoms with Crippen LogP contribution in [-0.4, -0.2) is 0 Å². The lowest BCUT2D eigenvalue weighted by atomic mass is 9.66. The highest BCUT2D eigenvalue weighted by Crippen LogP contribution is 2.43. The topological polar surface area (TPSA) is 0 Å². The second kappa shape index (κ2) is 6.26. The van der Waals surface area contributed by atoms with Gasteiger partial charge in [-0.25, -0.2) is 0 Å². The summed E-state index contributed by atoms with van der Waals surface area (Å²) in [6.07, 6.45) is 2.33. The van der Waals surface area contributed by atoms with Gasteiger partial charge in [0, 0.05) is 0 Å². The van der Waals surface area contributed by atoms with Crippen LogP contribution in [0.4, 0.5) is 0 Å². The van der Waals surface area contributed by atoms with Gasteiger partial charge in [0.05, 0.1) is 0 Å². The van der Waals surface area contributed by atoms with E-state index in [0.29, 0.717) is 5.92 Å². The van der Waals surface area contributed by atoms with Gasteiger partial charge in [-0.3, -0.25) is 0 Å². The van der Waals surface area contributed by atoms with E-state index in [-0.39, 0.29) is 5.41 Å². The lowest BCUT2D eigenvalue weighted by Crippen LogP contribution is -2.29. The Hall–Kier alpha value is -1.56. The molecule has 0 heterocycles. The van der Waals surface area contributed by atoms with Gasteiger partial charge in [0.25, 0.3) is 0 Å². The van der Waals surface area contributed by atoms with E-state index in [0.717, 1.165) is 6.42 Å². The number of aryl methyl sites for hydroxylation is 1. The van der Waals surface area contributed by atoms with Gasteiger partial charge in [-0.05, 0) is 42.2 Å². The standard InChI is InChI=1S/C20H26/c1-5-19(17-14-12-16(3)13-15-17)20(4,6-2)18-10-8-7-9-11-18/h7-15,19H,5-6H2,1-4H3. The van der Waals surface area contributed by atoms with Crippen molar-refractivity contribution in [2.75, 3.05) is 0 Å². The Morgan fingerprint density at radius 3 is 2.00 bits per heavy atom. The van der Waals surface area contributed by atoms with Crippen LogP contribution in [0.25, 0.3) is 0 Å². The van der Waals surface area contributed by atoms with E-state index in [4.69, 9.17) is 0 Å². The van der Waals surface area contributed by atoms with Crippen molar-refractivity contribution < 1.29 is 0 Å². The van der Waals surface area contributed by atoms with Crippen LogP contribution in [0.3, 0.4) is 0 Å². The molecule has 0 amide bonds. The van der Waals surface area contributed by atoms with E-state index in [1.807, 2.05) is 0 Å². The highest BCUT2D eigenvalue weighted by molar-refractivity contribution is 5.34. The summed E-state index contributed by atoms with van der Waals surface area (Å²) in [6, 6.07) is 20.1. The predicted molar refractivity (Wildman–Crippen MR) is 88.3 cm³/mol. The molecule has 0 saturated carbocycles. The second-order valence-corrected chi connectivity index (χ2v) is 6.01. The van der Waals surface area contributed by atoms with E-state index < -0.39 is 0 Å². The summed E-state index contributed by atoms with van der Waals surface area (Å²) in [5.41, 5.74) is 4.45. The van der Waals surface area contributed by atoms with Gasteiger partial charge < -0.3 is 0 Å². The van der Waals surface area contributed by atoms with Gasteiger partial charge in [-0.15, -0.1) is 0 Å². The Kier molecular flexibility index (Phi) is 4.65. The average molecular weight is 266 g/mol. The van der Waals surface area contributed by atoms with Gasteiger partial charge in [0.1, 0.15) is 0 Å². The third kappa shape index (κ3) is 2.80. The van der Waals surface area contributed by atoms with Crippen molar-refractivity contribution in [1.29, 1.82) is 0 Å². The molecule has 0 heteroatoms. The van der Waals surface area contributed by atoms with Crippen LogP contribution in [-0.2, 0) is 5.41 Å². The van der Waals surface area contributed by atoms with Gasteiger partial charge in [0.15, 0.2) is 0 Å². The monoisotopic (exact) mass is 266 g/mol. The first-order valence-electron chi connectivity index (χ1n) is 7.74. The summed E-state index contributed by atoms with van der Waals surface area (Å²) < 4.78 is 0. The second-order valence-electron chi connectivity index (χ2n) is 6.01. The summed E-state index contributed by atoms with van der Waals surface area (Å²) >= 11 is 0. The van der Waals surface area contributed by atoms with Crippen molar-refractivity contribution in [3.63, 3.8) is 0 Å². The quantitative estimate of drug-likeness (QED) is 0.636. The summed E-state index contributed by atoms with van der Waals surface area (Å²) in [5.74, 6) is 0.565. The molecular weight excluding hydrogens is 240 g/mol. The molecule has 0 saturated heterocycles. The van der Waals surface area contributed by atoms with Crippen molar-refractivity contribution in [3.8, 4) is 0 Å². The summed E-state index contributed by atoms with van der Waals surface area (Å²) in [4.78, 5) is 0. The van der Waals surface area contributed by atoms with Crippen molar-refractivity contribution >= 4 is 0 Å². The molecule has 0 aromatic heterocycles. The zero-order chi connectivity index (χ0) is 14.6. The van der Waals surface area contributed by atoms with Gasteiger partial charge in [0.2, 0.25) is 0 Å². The van der Waals surface area contributed by atoms with Crippen LogP contribution in [0, 0.1) is 6.92 Å². The van der Waals surface area contributed by atoms with E-state index in [9.17, 15) is 0 Å². The maximum Gasteiger partial charge on any atom is -0.000938 e. The van der Waals surface area contributed by atoms with E-state index in [1.54, 1.807) is 0 Å². The highest BCUT2D eigenvalue weighted by Gasteiger charge is 2.33. The molecule has 0 fully saturated rings. The molecule has 0 bridgehead atoms. The molecule has 0 spiro atoms. The molecule has 0 aliphatic heterocycles. The van der Waals surface area contributed by atoms with E-state index in [1.165, 1.54) is 23.1 Å². The molecular formula is C20H26. The first-order chi connectivity index (χ1) is 9.61. The number of benzene rings is 2. The molecule has 0 aliphatic rings. The first-order valence-corrected chi connectivity index (χ1v) is 7.74. The fourth-order valence-electron chi connectivity index (χ4n) is 3.32. The van der Waals surface area contributed by atoms with Gasteiger partial charge in [-0.1, -0.05) is 80.9 Å². The summed E-state index contributed by atoms with van der Waals surface area (Å²) in [6.45, 7) is 9.18. The average Bonchev–Trinajstić information content (AvgIpc) is 2.50. The Bertz CT molecular complexity index is 524. The molecule has 2 rings (SSSR count). The molecule has 2 aromatic rings. The third-order valence-corrected chi connectivity index (χ3v) is 4.82. The number of hydrogen-bond acceptors (Lipinski definition) is 0. The summed E-state index contributed by atoms with van der Waals surface area (Å²) in [5, 5.41) is 0. The largest absolute Gasteiger partial charge is 0.0648 e. The molecule has 0 aliphatic carbocycles. The summed E-state index contributed by atoms with van der Waals surface area (Å²) in [7, 11) is 0. The van der Waals surface area contributed by atoms with Crippen LogP contribution in [0.5, 0.6) is 0 Å². The number of rotatable bonds is 5. The molecule has 0 nitrogen and oxygen atoms in total. The Morgan fingerprint density at radius 1 is 0.900 bits per heavy atom. The maximum atomic E-state index is 2.41. The molecule has 0 N–H and O–H groups in total. The van der Waals surface area contributed by atoms with Gasteiger partial charge >= 0.3 is 0 Å². The third-order valence-electron chi connectivity index (χ3n) is 4.82. The highest BCUT2D eigenvalue weighted by atomic mass is 14.4. The van der Waals surface area contributed by atoms with Crippen LogP contribution in [0.15, 0.2) is 54.6 Å². The van der Waals surface area contributed by atoms with Crippen LogP contribution in [0.2, 0.25) is 0 Å². The molecule has 2 atom stereocenters. The smallest absolute Gasteiger partial charge is 0.000938 e. The van der Waals surface area contributed by atoms with Crippen molar-refractivity contribution in [1.82, 2.24) is 0 Å². The van der Waals surface area contributed by atoms with E-state index >= 15 is 0 Å². The SMILES string of the molecule is CCC(c1ccc(C)cc1)C(C)(CC)c1ccccc1. The Labute approximate surface area is 123 Å². The minimum Gasteiger partial charge on any atom is -0.0648 e. The predicted octanol–water partition coefficient (Wildman–Crippen LogP) is 5.86. The zero-order valence-electron chi connectivity index (χ0n) is 13.2. The fourth-order valence-corrected chi connectivity index (χ4v) is 3.32. The fraction of sp³-hybridized carbons (Fsp3) is 0.400. The molecule has 106 valence electrons. The minimum absolute atomic E-state index is 0.200. The lowest BCUT2D eigenvalue weighted by Gasteiger charge is -2.38. The molecule has 2 unspecified atom stereocenters. The Balaban J connectivity index is 2.44.